The SMILES string of the molecule is Cc1cn2c(/C=C/C(=O)N3CCC(C)CC3)c(C)nc2s1. The molecule has 1 aliphatic heterocycles. The van der Waals surface area contributed by atoms with Crippen LogP contribution in [0.2, 0.25) is 0 Å². The molecule has 0 unspecified atom stereocenters. The van der Waals surface area contributed by atoms with Gasteiger partial charge in [-0.2, -0.15) is 0 Å². The first kappa shape index (κ1) is 14.3. The molecule has 21 heavy (non-hydrogen) atoms. The molecule has 3 heterocycles. The third kappa shape index (κ3) is 2.88. The molecule has 4 nitrogen and oxygen atoms in total. The summed E-state index contributed by atoms with van der Waals surface area (Å²) in [5.74, 6) is 0.853. The molecule has 1 aliphatic rings. The largest absolute Gasteiger partial charge is 0.339 e. The highest BCUT2D eigenvalue weighted by Gasteiger charge is 2.18. The van der Waals surface area contributed by atoms with Gasteiger partial charge in [0.2, 0.25) is 5.91 Å². The van der Waals surface area contributed by atoms with E-state index in [-0.39, 0.29) is 5.91 Å². The molecule has 112 valence electrons. The van der Waals surface area contributed by atoms with Crippen molar-refractivity contribution >= 4 is 28.3 Å². The maximum absolute atomic E-state index is 12.3. The Kier molecular flexibility index (Phi) is 3.85. The zero-order valence-corrected chi connectivity index (χ0v) is 13.6. The molecule has 0 saturated carbocycles. The van der Waals surface area contributed by atoms with Crippen LogP contribution in [0.25, 0.3) is 11.0 Å². The average molecular weight is 303 g/mol. The highest BCUT2D eigenvalue weighted by atomic mass is 32.1. The van der Waals surface area contributed by atoms with Gasteiger partial charge in [0, 0.05) is 30.2 Å². The molecule has 2 aromatic rings. The second-order valence-corrected chi connectivity index (χ2v) is 7.13. The van der Waals surface area contributed by atoms with Crippen LogP contribution in [-0.4, -0.2) is 33.3 Å². The van der Waals surface area contributed by atoms with Crippen LogP contribution >= 0.6 is 11.3 Å². The Morgan fingerprint density at radius 1 is 1.38 bits per heavy atom. The molecule has 0 spiro atoms. The summed E-state index contributed by atoms with van der Waals surface area (Å²) >= 11 is 1.67. The minimum atomic E-state index is 0.114. The summed E-state index contributed by atoms with van der Waals surface area (Å²) in [5, 5.41) is 0. The Bertz CT molecular complexity index is 690. The minimum Gasteiger partial charge on any atom is -0.339 e. The average Bonchev–Trinajstić information content (AvgIpc) is 2.92. The number of likely N-dealkylation sites (tertiary alicyclic amines) is 1. The quantitative estimate of drug-likeness (QED) is 0.798. The number of rotatable bonds is 2. The predicted octanol–water partition coefficient (Wildman–Crippen LogP) is 3.28. The summed E-state index contributed by atoms with van der Waals surface area (Å²) < 4.78 is 2.07. The molecule has 3 rings (SSSR count). The zero-order chi connectivity index (χ0) is 15.0. The smallest absolute Gasteiger partial charge is 0.246 e. The Morgan fingerprint density at radius 2 is 2.10 bits per heavy atom. The highest BCUT2D eigenvalue weighted by Crippen LogP contribution is 2.22. The second-order valence-electron chi connectivity index (χ2n) is 5.92. The lowest BCUT2D eigenvalue weighted by Crippen LogP contribution is -2.36. The third-order valence-electron chi connectivity index (χ3n) is 4.14. The molecular formula is C16H21N3OS. The van der Waals surface area contributed by atoms with Crippen LogP contribution in [0.15, 0.2) is 12.3 Å². The number of aryl methyl sites for hydroxylation is 2. The molecular weight excluding hydrogens is 282 g/mol. The molecule has 1 amide bonds. The van der Waals surface area contributed by atoms with Crippen LogP contribution in [0.5, 0.6) is 0 Å². The number of nitrogens with zero attached hydrogens (tertiary/aromatic N) is 3. The van der Waals surface area contributed by atoms with Gasteiger partial charge in [-0.05, 0) is 38.7 Å². The second kappa shape index (κ2) is 5.64. The van der Waals surface area contributed by atoms with Gasteiger partial charge in [0.05, 0.1) is 11.4 Å². The Labute approximate surface area is 129 Å². The van der Waals surface area contributed by atoms with E-state index in [0.717, 1.165) is 48.2 Å². The summed E-state index contributed by atoms with van der Waals surface area (Å²) in [6.45, 7) is 8.07. The maximum atomic E-state index is 12.3. The van der Waals surface area contributed by atoms with E-state index in [0.29, 0.717) is 0 Å². The van der Waals surface area contributed by atoms with Crippen LogP contribution in [0.3, 0.4) is 0 Å². The normalized spacial score (nSPS) is 17.2. The lowest BCUT2D eigenvalue weighted by atomic mass is 9.99. The fourth-order valence-corrected chi connectivity index (χ4v) is 3.64. The van der Waals surface area contributed by atoms with Crippen molar-refractivity contribution in [1.29, 1.82) is 0 Å². The van der Waals surface area contributed by atoms with Gasteiger partial charge in [-0.25, -0.2) is 4.98 Å². The lowest BCUT2D eigenvalue weighted by Gasteiger charge is -2.29. The number of hydrogen-bond donors (Lipinski definition) is 0. The summed E-state index contributed by atoms with van der Waals surface area (Å²) in [7, 11) is 0. The van der Waals surface area contributed by atoms with E-state index < -0.39 is 0 Å². The molecule has 0 N–H and O–H groups in total. The number of carbonyl (C=O) groups is 1. The number of thiazole rings is 1. The van der Waals surface area contributed by atoms with E-state index in [1.54, 1.807) is 17.4 Å². The van der Waals surface area contributed by atoms with Gasteiger partial charge < -0.3 is 4.90 Å². The fourth-order valence-electron chi connectivity index (χ4n) is 2.77. The molecule has 1 fully saturated rings. The number of piperidine rings is 1. The lowest BCUT2D eigenvalue weighted by molar-refractivity contribution is -0.127. The highest BCUT2D eigenvalue weighted by molar-refractivity contribution is 7.17. The standard InChI is InChI=1S/C16H21N3OS/c1-11-6-8-18(9-7-11)15(20)5-4-14-13(3)17-16-19(14)10-12(2)21-16/h4-5,10-11H,6-9H2,1-3H3/b5-4+. The topological polar surface area (TPSA) is 37.6 Å². The molecule has 0 bridgehead atoms. The zero-order valence-electron chi connectivity index (χ0n) is 12.8. The van der Waals surface area contributed by atoms with Gasteiger partial charge in [0.1, 0.15) is 0 Å². The molecule has 0 radical (unpaired) electrons. The van der Waals surface area contributed by atoms with Crippen molar-refractivity contribution in [3.63, 3.8) is 0 Å². The molecule has 5 heteroatoms. The predicted molar refractivity (Wildman–Crippen MR) is 86.6 cm³/mol. The number of imidazole rings is 1. The number of aromatic nitrogens is 2. The Balaban J connectivity index is 1.78. The molecule has 0 atom stereocenters. The summed E-state index contributed by atoms with van der Waals surface area (Å²) in [6, 6.07) is 0. The fraction of sp³-hybridized carbons (Fsp3) is 0.500. The van der Waals surface area contributed by atoms with E-state index in [1.807, 2.05) is 17.9 Å². The van der Waals surface area contributed by atoms with Crippen molar-refractivity contribution in [2.75, 3.05) is 13.1 Å². The van der Waals surface area contributed by atoms with Crippen molar-refractivity contribution in [3.05, 3.63) is 28.5 Å². The molecule has 0 aromatic carbocycles. The van der Waals surface area contributed by atoms with Crippen molar-refractivity contribution in [2.24, 2.45) is 5.92 Å². The first-order valence-corrected chi connectivity index (χ1v) is 8.28. The number of hydrogen-bond acceptors (Lipinski definition) is 3. The van der Waals surface area contributed by atoms with E-state index in [2.05, 4.69) is 29.4 Å². The van der Waals surface area contributed by atoms with Crippen molar-refractivity contribution in [3.8, 4) is 0 Å². The van der Waals surface area contributed by atoms with Gasteiger partial charge in [-0.15, -0.1) is 11.3 Å². The maximum Gasteiger partial charge on any atom is 0.246 e. The molecule has 1 saturated heterocycles. The summed E-state index contributed by atoms with van der Waals surface area (Å²) in [5.41, 5.74) is 1.98. The third-order valence-corrected chi connectivity index (χ3v) is 5.04. The summed E-state index contributed by atoms with van der Waals surface area (Å²) in [6.07, 6.45) is 7.90. The Morgan fingerprint density at radius 3 is 2.81 bits per heavy atom. The van der Waals surface area contributed by atoms with Crippen molar-refractivity contribution in [1.82, 2.24) is 14.3 Å². The number of carbonyl (C=O) groups excluding carboxylic acids is 1. The van der Waals surface area contributed by atoms with Crippen LogP contribution in [0, 0.1) is 19.8 Å². The van der Waals surface area contributed by atoms with E-state index in [4.69, 9.17) is 0 Å². The van der Waals surface area contributed by atoms with E-state index >= 15 is 0 Å². The molecule has 2 aromatic heterocycles. The van der Waals surface area contributed by atoms with Crippen molar-refractivity contribution < 1.29 is 4.79 Å². The Hall–Kier alpha value is -1.62. The van der Waals surface area contributed by atoms with Crippen LogP contribution in [0.1, 0.15) is 36.0 Å². The van der Waals surface area contributed by atoms with Crippen LogP contribution in [0.4, 0.5) is 0 Å². The van der Waals surface area contributed by atoms with Gasteiger partial charge in [-0.1, -0.05) is 6.92 Å². The first-order valence-electron chi connectivity index (χ1n) is 7.46. The number of amides is 1. The van der Waals surface area contributed by atoms with E-state index in [9.17, 15) is 4.79 Å². The monoisotopic (exact) mass is 303 g/mol. The van der Waals surface area contributed by atoms with Gasteiger partial charge >= 0.3 is 0 Å². The van der Waals surface area contributed by atoms with Crippen molar-refractivity contribution in [2.45, 2.75) is 33.6 Å². The number of fused-ring (bicyclic) bond motifs is 1. The van der Waals surface area contributed by atoms with Gasteiger partial charge in [0.15, 0.2) is 4.96 Å². The first-order chi connectivity index (χ1) is 10.0. The summed E-state index contributed by atoms with van der Waals surface area (Å²) in [4.78, 5) is 21.0. The van der Waals surface area contributed by atoms with Gasteiger partial charge in [0.25, 0.3) is 0 Å². The van der Waals surface area contributed by atoms with E-state index in [1.165, 1.54) is 4.88 Å². The van der Waals surface area contributed by atoms with Crippen LogP contribution in [-0.2, 0) is 4.79 Å². The van der Waals surface area contributed by atoms with Gasteiger partial charge in [-0.3, -0.25) is 9.20 Å². The van der Waals surface area contributed by atoms with Crippen LogP contribution < -0.4 is 0 Å². The minimum absolute atomic E-state index is 0.114. The molecule has 0 aliphatic carbocycles.